The molecular formula is C16H18N8. The normalized spacial score (nSPS) is 12.6. The first-order valence-electron chi connectivity index (χ1n) is 7.56. The van der Waals surface area contributed by atoms with Gasteiger partial charge in [0.15, 0.2) is 5.82 Å². The molecular weight excluding hydrogens is 304 g/mol. The fraction of sp³-hybridized carbons (Fsp3) is 0.188. The van der Waals surface area contributed by atoms with Crippen LogP contribution in [0.4, 0.5) is 0 Å². The van der Waals surface area contributed by atoms with Gasteiger partial charge in [-0.15, -0.1) is 5.10 Å². The fourth-order valence-corrected chi connectivity index (χ4v) is 2.24. The number of aromatic amines is 1. The van der Waals surface area contributed by atoms with Crippen LogP contribution < -0.4 is 11.5 Å². The number of tetrazole rings is 1. The van der Waals surface area contributed by atoms with E-state index in [1.54, 1.807) is 18.5 Å². The van der Waals surface area contributed by atoms with E-state index in [2.05, 4.69) is 30.6 Å². The van der Waals surface area contributed by atoms with Crippen LogP contribution in [0.2, 0.25) is 0 Å². The zero-order valence-corrected chi connectivity index (χ0v) is 13.0. The molecule has 0 aliphatic rings. The highest BCUT2D eigenvalue weighted by Gasteiger charge is 2.09. The van der Waals surface area contributed by atoms with E-state index in [0.29, 0.717) is 18.8 Å². The maximum atomic E-state index is 6.07. The lowest BCUT2D eigenvalue weighted by atomic mass is 10.1. The third kappa shape index (κ3) is 3.86. The monoisotopic (exact) mass is 322 g/mol. The highest BCUT2D eigenvalue weighted by Crippen LogP contribution is 2.20. The molecule has 8 nitrogen and oxygen atoms in total. The molecule has 24 heavy (non-hydrogen) atoms. The molecule has 122 valence electrons. The summed E-state index contributed by atoms with van der Waals surface area (Å²) in [7, 11) is 0. The summed E-state index contributed by atoms with van der Waals surface area (Å²) in [6.07, 6.45) is 7.81. The van der Waals surface area contributed by atoms with Crippen LogP contribution in [0, 0.1) is 0 Å². The van der Waals surface area contributed by atoms with Crippen LogP contribution in [-0.4, -0.2) is 37.1 Å². The molecule has 1 aromatic carbocycles. The summed E-state index contributed by atoms with van der Waals surface area (Å²) in [5, 5.41) is 13.6. The number of nitrogens with two attached hydrogens (primary N) is 2. The topological polar surface area (TPSA) is 132 Å². The van der Waals surface area contributed by atoms with E-state index < -0.39 is 0 Å². The van der Waals surface area contributed by atoms with E-state index in [9.17, 15) is 0 Å². The van der Waals surface area contributed by atoms with E-state index in [-0.39, 0.29) is 6.04 Å². The molecule has 0 aliphatic carbocycles. The van der Waals surface area contributed by atoms with Crippen LogP contribution >= 0.6 is 0 Å². The van der Waals surface area contributed by atoms with E-state index in [1.165, 1.54) is 0 Å². The smallest absolute Gasteiger partial charge is 0.172 e. The van der Waals surface area contributed by atoms with Gasteiger partial charge in [0.05, 0.1) is 23.8 Å². The maximum absolute atomic E-state index is 6.07. The number of H-pyrrole nitrogens is 1. The highest BCUT2D eigenvalue weighted by atomic mass is 15.5. The molecule has 3 rings (SSSR count). The minimum absolute atomic E-state index is 0.204. The molecule has 1 unspecified atom stereocenters. The van der Waals surface area contributed by atoms with Crippen LogP contribution in [0.15, 0.2) is 36.7 Å². The first-order chi connectivity index (χ1) is 11.8. The molecule has 2 aromatic heterocycles. The Morgan fingerprint density at radius 3 is 2.92 bits per heavy atom. The highest BCUT2D eigenvalue weighted by molar-refractivity contribution is 5.70. The van der Waals surface area contributed by atoms with Gasteiger partial charge in [-0.3, -0.25) is 4.98 Å². The van der Waals surface area contributed by atoms with Gasteiger partial charge in [-0.2, -0.15) is 0 Å². The van der Waals surface area contributed by atoms with Gasteiger partial charge in [0.1, 0.15) is 0 Å². The lowest BCUT2D eigenvalue weighted by Crippen LogP contribution is -2.17. The molecule has 0 fully saturated rings. The Bertz CT molecular complexity index is 812. The van der Waals surface area contributed by atoms with Crippen molar-refractivity contribution in [2.75, 3.05) is 6.54 Å². The van der Waals surface area contributed by atoms with Crippen molar-refractivity contribution in [3.63, 3.8) is 0 Å². The van der Waals surface area contributed by atoms with Gasteiger partial charge in [0, 0.05) is 11.6 Å². The third-order valence-corrected chi connectivity index (χ3v) is 3.49. The first-order valence-corrected chi connectivity index (χ1v) is 7.56. The third-order valence-electron chi connectivity index (χ3n) is 3.49. The van der Waals surface area contributed by atoms with Gasteiger partial charge in [0.25, 0.3) is 0 Å². The van der Waals surface area contributed by atoms with Gasteiger partial charge in [-0.1, -0.05) is 24.3 Å². The van der Waals surface area contributed by atoms with Crippen LogP contribution in [0.3, 0.4) is 0 Å². The lowest BCUT2D eigenvalue weighted by Gasteiger charge is -2.10. The summed E-state index contributed by atoms with van der Waals surface area (Å²) in [6, 6.07) is 7.74. The number of rotatable bonds is 6. The number of aromatic nitrogens is 6. The van der Waals surface area contributed by atoms with Crippen LogP contribution in [0.1, 0.15) is 29.5 Å². The van der Waals surface area contributed by atoms with Crippen molar-refractivity contribution in [3.05, 3.63) is 53.7 Å². The summed E-state index contributed by atoms with van der Waals surface area (Å²) >= 11 is 0. The minimum atomic E-state index is -0.204. The molecule has 0 spiro atoms. The van der Waals surface area contributed by atoms with Gasteiger partial charge >= 0.3 is 0 Å². The molecule has 8 heteroatoms. The average Bonchev–Trinajstić information content (AvgIpc) is 3.14. The minimum Gasteiger partial charge on any atom is -0.330 e. The van der Waals surface area contributed by atoms with Crippen LogP contribution in [-0.2, 0) is 0 Å². The van der Waals surface area contributed by atoms with Crippen molar-refractivity contribution in [3.8, 4) is 11.3 Å². The van der Waals surface area contributed by atoms with Crippen LogP contribution in [0.5, 0.6) is 0 Å². The fourth-order valence-electron chi connectivity index (χ4n) is 2.24. The molecule has 0 saturated heterocycles. The van der Waals surface area contributed by atoms with E-state index >= 15 is 0 Å². The summed E-state index contributed by atoms with van der Waals surface area (Å²) in [5.74, 6) is 0.593. The van der Waals surface area contributed by atoms with Gasteiger partial charge in [0.2, 0.25) is 0 Å². The summed E-state index contributed by atoms with van der Waals surface area (Å²) in [4.78, 5) is 8.85. The van der Waals surface area contributed by atoms with Crippen molar-refractivity contribution in [2.45, 2.75) is 12.5 Å². The Morgan fingerprint density at radius 1 is 1.21 bits per heavy atom. The quantitative estimate of drug-likeness (QED) is 0.620. The second kappa shape index (κ2) is 7.53. The lowest BCUT2D eigenvalue weighted by molar-refractivity contribution is 0.640. The largest absolute Gasteiger partial charge is 0.330 e. The summed E-state index contributed by atoms with van der Waals surface area (Å²) in [6.45, 7) is 0.518. The zero-order chi connectivity index (χ0) is 16.8. The molecule has 1 atom stereocenters. The van der Waals surface area contributed by atoms with E-state index in [4.69, 9.17) is 11.5 Å². The molecule has 5 N–H and O–H groups in total. The molecule has 0 radical (unpaired) electrons. The first kappa shape index (κ1) is 15.9. The standard InChI is InChI=1S/C16H18N8/c17-7-6-13(18)15-10-19-9-14(20-15)12-3-1-2-11(8-12)4-5-16-21-23-24-22-16/h1-5,8-10,13H,6-7,17-18H2,(H,21,22,23,24). The van der Waals surface area contributed by atoms with Crippen molar-refractivity contribution in [1.29, 1.82) is 0 Å². The molecule has 0 aliphatic heterocycles. The Labute approximate surface area is 139 Å². The number of benzene rings is 1. The Balaban J connectivity index is 1.85. The molecule has 0 amide bonds. The van der Waals surface area contributed by atoms with Gasteiger partial charge in [-0.25, -0.2) is 10.1 Å². The Hall–Kier alpha value is -2.97. The van der Waals surface area contributed by atoms with Crippen molar-refractivity contribution in [1.82, 2.24) is 30.6 Å². The van der Waals surface area contributed by atoms with Crippen molar-refractivity contribution < 1.29 is 0 Å². The maximum Gasteiger partial charge on any atom is 0.172 e. The number of hydrogen-bond donors (Lipinski definition) is 3. The van der Waals surface area contributed by atoms with Crippen molar-refractivity contribution in [2.24, 2.45) is 11.5 Å². The second-order valence-corrected chi connectivity index (χ2v) is 5.26. The molecule has 3 aromatic rings. The number of nitrogens with zero attached hydrogens (tertiary/aromatic N) is 5. The van der Waals surface area contributed by atoms with Gasteiger partial charge in [-0.05, 0) is 41.1 Å². The number of nitrogens with one attached hydrogen (secondary N) is 1. The second-order valence-electron chi connectivity index (χ2n) is 5.26. The zero-order valence-electron chi connectivity index (χ0n) is 13.0. The van der Waals surface area contributed by atoms with Gasteiger partial charge < -0.3 is 11.5 Å². The average molecular weight is 322 g/mol. The summed E-state index contributed by atoms with van der Waals surface area (Å²) in [5.41, 5.74) is 15.1. The predicted molar refractivity (Wildman–Crippen MR) is 91.2 cm³/mol. The molecule has 0 saturated carbocycles. The van der Waals surface area contributed by atoms with E-state index in [0.717, 1.165) is 22.5 Å². The predicted octanol–water partition coefficient (Wildman–Crippen LogP) is 1.18. The summed E-state index contributed by atoms with van der Waals surface area (Å²) < 4.78 is 0. The molecule has 2 heterocycles. The van der Waals surface area contributed by atoms with E-state index in [1.807, 2.05) is 30.3 Å². The Kier molecular flexibility index (Phi) is 4.99. The van der Waals surface area contributed by atoms with Crippen LogP contribution in [0.25, 0.3) is 23.4 Å². The van der Waals surface area contributed by atoms with Crippen molar-refractivity contribution >= 4 is 12.2 Å². The number of hydrogen-bond acceptors (Lipinski definition) is 7. The Morgan fingerprint density at radius 2 is 2.12 bits per heavy atom. The molecule has 0 bridgehead atoms. The SMILES string of the molecule is NCCC(N)c1cncc(-c2cccc(C=Cc3nnn[nH]3)c2)n1.